The van der Waals surface area contributed by atoms with Crippen LogP contribution in [0, 0.1) is 0 Å². The molecule has 1 atom stereocenters. The third-order valence-electron chi connectivity index (χ3n) is 4.42. The van der Waals surface area contributed by atoms with E-state index < -0.39 is 5.91 Å². The molecule has 0 fully saturated rings. The number of primary amides is 1. The van der Waals surface area contributed by atoms with E-state index >= 15 is 0 Å². The zero-order valence-electron chi connectivity index (χ0n) is 14.2. The first-order valence-electron chi connectivity index (χ1n) is 8.29. The second-order valence-electron chi connectivity index (χ2n) is 6.24. The Kier molecular flexibility index (Phi) is 5.87. The van der Waals surface area contributed by atoms with E-state index in [2.05, 4.69) is 10.6 Å². The predicted molar refractivity (Wildman–Crippen MR) is 106 cm³/mol. The SMILES string of the molecule is C[C@H](NCC(=O)Nc1sc2c(c1C(N)=O)CCC2)c1ccc(Cl)cc1Cl. The maximum Gasteiger partial charge on any atom is 0.251 e. The van der Waals surface area contributed by atoms with Crippen molar-refractivity contribution in [3.8, 4) is 0 Å². The second-order valence-corrected chi connectivity index (χ2v) is 8.19. The molecule has 0 aliphatic heterocycles. The van der Waals surface area contributed by atoms with Crippen molar-refractivity contribution in [1.82, 2.24) is 5.32 Å². The molecule has 8 heteroatoms. The molecule has 1 aromatic carbocycles. The van der Waals surface area contributed by atoms with Crippen LogP contribution in [0.25, 0.3) is 0 Å². The normalized spacial score (nSPS) is 14.1. The highest BCUT2D eigenvalue weighted by molar-refractivity contribution is 7.17. The fourth-order valence-electron chi connectivity index (χ4n) is 3.13. The molecule has 0 spiro atoms. The molecule has 0 saturated carbocycles. The van der Waals surface area contributed by atoms with Gasteiger partial charge in [-0.15, -0.1) is 11.3 Å². The molecular formula is C18H19Cl2N3O2S. The van der Waals surface area contributed by atoms with E-state index in [1.807, 2.05) is 13.0 Å². The lowest BCUT2D eigenvalue weighted by Gasteiger charge is -2.16. The van der Waals surface area contributed by atoms with Crippen LogP contribution in [0.5, 0.6) is 0 Å². The van der Waals surface area contributed by atoms with Gasteiger partial charge in [-0.25, -0.2) is 0 Å². The molecule has 0 saturated heterocycles. The number of rotatable bonds is 6. The van der Waals surface area contributed by atoms with Crippen LogP contribution in [0.2, 0.25) is 10.0 Å². The first kappa shape index (κ1) is 19.2. The molecule has 4 N–H and O–H groups in total. The average molecular weight is 412 g/mol. The van der Waals surface area contributed by atoms with Crippen LogP contribution in [0.3, 0.4) is 0 Å². The lowest BCUT2D eigenvalue weighted by molar-refractivity contribution is -0.115. The molecule has 0 bridgehead atoms. The number of amides is 2. The number of anilines is 1. The van der Waals surface area contributed by atoms with Gasteiger partial charge in [0.25, 0.3) is 5.91 Å². The van der Waals surface area contributed by atoms with Crippen molar-refractivity contribution in [2.75, 3.05) is 11.9 Å². The lowest BCUT2D eigenvalue weighted by Crippen LogP contribution is -2.30. The number of aryl methyl sites for hydroxylation is 1. The highest BCUT2D eigenvalue weighted by atomic mass is 35.5. The van der Waals surface area contributed by atoms with Gasteiger partial charge in [0.1, 0.15) is 5.00 Å². The van der Waals surface area contributed by atoms with Crippen molar-refractivity contribution in [2.45, 2.75) is 32.2 Å². The van der Waals surface area contributed by atoms with Gasteiger partial charge in [-0.05, 0) is 49.4 Å². The number of carbonyl (C=O) groups excluding carboxylic acids is 2. The van der Waals surface area contributed by atoms with Gasteiger partial charge in [0.2, 0.25) is 5.91 Å². The van der Waals surface area contributed by atoms with Gasteiger partial charge in [0.15, 0.2) is 0 Å². The molecule has 1 heterocycles. The van der Waals surface area contributed by atoms with Gasteiger partial charge < -0.3 is 16.4 Å². The Labute approximate surface area is 165 Å². The van der Waals surface area contributed by atoms with Gasteiger partial charge in [0.05, 0.1) is 12.1 Å². The summed E-state index contributed by atoms with van der Waals surface area (Å²) >= 11 is 13.5. The van der Waals surface area contributed by atoms with Crippen molar-refractivity contribution in [3.05, 3.63) is 49.8 Å². The summed E-state index contributed by atoms with van der Waals surface area (Å²) in [6.07, 6.45) is 2.79. The Hall–Kier alpha value is -1.60. The van der Waals surface area contributed by atoms with Crippen LogP contribution < -0.4 is 16.4 Å². The van der Waals surface area contributed by atoms with Crippen LogP contribution in [-0.2, 0) is 17.6 Å². The molecule has 3 rings (SSSR count). The summed E-state index contributed by atoms with van der Waals surface area (Å²) in [5.74, 6) is -0.724. The topological polar surface area (TPSA) is 84.2 Å². The zero-order valence-corrected chi connectivity index (χ0v) is 16.5. The number of hydrogen-bond acceptors (Lipinski definition) is 4. The number of hydrogen-bond donors (Lipinski definition) is 3. The number of benzene rings is 1. The van der Waals surface area contributed by atoms with E-state index in [1.165, 1.54) is 11.3 Å². The fourth-order valence-corrected chi connectivity index (χ4v) is 5.02. The molecule has 1 aromatic heterocycles. The van der Waals surface area contributed by atoms with Crippen molar-refractivity contribution in [2.24, 2.45) is 5.73 Å². The number of nitrogens with one attached hydrogen (secondary N) is 2. The first-order chi connectivity index (χ1) is 12.4. The van der Waals surface area contributed by atoms with Crippen LogP contribution in [0.4, 0.5) is 5.00 Å². The number of thiophene rings is 1. The smallest absolute Gasteiger partial charge is 0.251 e. The van der Waals surface area contributed by atoms with Crippen LogP contribution in [0.15, 0.2) is 18.2 Å². The Morgan fingerprint density at radius 2 is 2.08 bits per heavy atom. The van der Waals surface area contributed by atoms with E-state index in [9.17, 15) is 9.59 Å². The number of halogens is 2. The van der Waals surface area contributed by atoms with E-state index in [1.54, 1.807) is 12.1 Å². The molecule has 26 heavy (non-hydrogen) atoms. The molecule has 2 aromatic rings. The molecule has 1 aliphatic carbocycles. The summed E-state index contributed by atoms with van der Waals surface area (Å²) in [4.78, 5) is 25.2. The summed E-state index contributed by atoms with van der Waals surface area (Å²) in [6, 6.07) is 5.13. The number of nitrogens with two attached hydrogens (primary N) is 1. The Balaban J connectivity index is 1.64. The highest BCUT2D eigenvalue weighted by Gasteiger charge is 2.26. The summed E-state index contributed by atoms with van der Waals surface area (Å²) < 4.78 is 0. The fraction of sp³-hybridized carbons (Fsp3) is 0.333. The first-order valence-corrected chi connectivity index (χ1v) is 9.86. The quantitative estimate of drug-likeness (QED) is 0.672. The third-order valence-corrected chi connectivity index (χ3v) is 6.19. The van der Waals surface area contributed by atoms with Crippen LogP contribution >= 0.6 is 34.5 Å². The molecule has 0 unspecified atom stereocenters. The summed E-state index contributed by atoms with van der Waals surface area (Å²) in [5.41, 5.74) is 7.82. The predicted octanol–water partition coefficient (Wildman–Crippen LogP) is 3.93. The van der Waals surface area contributed by atoms with Gasteiger partial charge >= 0.3 is 0 Å². The molecule has 138 valence electrons. The zero-order chi connectivity index (χ0) is 18.8. The maximum atomic E-state index is 12.3. The van der Waals surface area contributed by atoms with Gasteiger partial charge in [0, 0.05) is 21.0 Å². The molecule has 0 radical (unpaired) electrons. The summed E-state index contributed by atoms with van der Waals surface area (Å²) in [7, 11) is 0. The van der Waals surface area contributed by atoms with Crippen molar-refractivity contribution < 1.29 is 9.59 Å². The van der Waals surface area contributed by atoms with Crippen LogP contribution in [0.1, 0.15) is 45.7 Å². The van der Waals surface area contributed by atoms with Crippen LogP contribution in [-0.4, -0.2) is 18.4 Å². The monoisotopic (exact) mass is 411 g/mol. The summed E-state index contributed by atoms with van der Waals surface area (Å²) in [6.45, 7) is 2.00. The Bertz CT molecular complexity index is 866. The Morgan fingerprint density at radius 3 is 2.77 bits per heavy atom. The summed E-state index contributed by atoms with van der Waals surface area (Å²) in [5, 5.41) is 7.60. The molecule has 5 nitrogen and oxygen atoms in total. The second kappa shape index (κ2) is 7.96. The van der Waals surface area contributed by atoms with E-state index in [4.69, 9.17) is 28.9 Å². The number of carbonyl (C=O) groups is 2. The maximum absolute atomic E-state index is 12.3. The van der Waals surface area contributed by atoms with E-state index in [0.717, 1.165) is 35.3 Å². The Morgan fingerprint density at radius 1 is 1.31 bits per heavy atom. The number of fused-ring (bicyclic) bond motifs is 1. The van der Waals surface area contributed by atoms with Crippen molar-refractivity contribution in [1.29, 1.82) is 0 Å². The lowest BCUT2D eigenvalue weighted by atomic mass is 10.1. The van der Waals surface area contributed by atoms with Crippen molar-refractivity contribution in [3.63, 3.8) is 0 Å². The minimum absolute atomic E-state index is 0.0842. The third kappa shape index (κ3) is 4.04. The molecule has 2 amide bonds. The largest absolute Gasteiger partial charge is 0.365 e. The highest BCUT2D eigenvalue weighted by Crippen LogP contribution is 2.38. The standard InChI is InChI=1S/C18H19Cl2N3O2S/c1-9(11-6-5-10(19)7-13(11)20)22-8-15(24)23-18-16(17(21)25)12-3-2-4-14(12)26-18/h5-7,9,22H,2-4,8H2,1H3,(H2,21,25)(H,23,24)/t9-/m0/s1. The average Bonchev–Trinajstić information content (AvgIpc) is 3.12. The minimum Gasteiger partial charge on any atom is -0.365 e. The minimum atomic E-state index is -0.492. The van der Waals surface area contributed by atoms with Gasteiger partial charge in [-0.1, -0.05) is 29.3 Å². The van der Waals surface area contributed by atoms with E-state index in [0.29, 0.717) is 20.6 Å². The molecular weight excluding hydrogens is 393 g/mol. The van der Waals surface area contributed by atoms with Gasteiger partial charge in [-0.3, -0.25) is 9.59 Å². The molecule has 1 aliphatic rings. The van der Waals surface area contributed by atoms with E-state index in [-0.39, 0.29) is 18.5 Å². The van der Waals surface area contributed by atoms with Crippen molar-refractivity contribution >= 4 is 51.4 Å². The van der Waals surface area contributed by atoms with Gasteiger partial charge in [-0.2, -0.15) is 0 Å².